The highest BCUT2D eigenvalue weighted by molar-refractivity contribution is 5.84. The van der Waals surface area contributed by atoms with Crippen molar-refractivity contribution in [2.24, 2.45) is 5.73 Å². The number of hydrazine groups is 1. The van der Waals surface area contributed by atoms with E-state index in [0.29, 0.717) is 13.0 Å². The highest BCUT2D eigenvalue weighted by Crippen LogP contribution is 2.35. The molecular weight excluding hydrogens is 333 g/mol. The van der Waals surface area contributed by atoms with Crippen LogP contribution in [-0.2, 0) is 17.8 Å². The molecule has 0 unspecified atom stereocenters. The van der Waals surface area contributed by atoms with Gasteiger partial charge in [-0.2, -0.15) is 5.01 Å². The van der Waals surface area contributed by atoms with Crippen molar-refractivity contribution < 1.29 is 19.0 Å². The fourth-order valence-electron chi connectivity index (χ4n) is 3.57. The lowest BCUT2D eigenvalue weighted by molar-refractivity contribution is -0.617. The molecule has 0 fully saturated rings. The number of nitrogens with zero attached hydrogens (tertiary/aromatic N) is 2. The standard InChI is InChI=1S/C20H22FN3O2/c1-3-24(23(2)12-13-4-7-15(21)8-5-13)16-9-6-14-10-18(25)19(20(22)26)17(14)11-16/h3-9,11,18-19,25H,10,12H2,1-2H3,(H-,22,26)/p+1/t18-,19-/m1/s1. The van der Waals surface area contributed by atoms with E-state index < -0.39 is 17.9 Å². The summed E-state index contributed by atoms with van der Waals surface area (Å²) in [6.07, 6.45) is 1.58. The van der Waals surface area contributed by atoms with E-state index in [-0.39, 0.29) is 5.82 Å². The first-order chi connectivity index (χ1) is 12.4. The largest absolute Gasteiger partial charge is 0.392 e. The molecule has 0 aliphatic heterocycles. The Hall–Kier alpha value is -2.73. The maximum atomic E-state index is 13.1. The van der Waals surface area contributed by atoms with Gasteiger partial charge in [0, 0.05) is 19.1 Å². The molecule has 2 aromatic rings. The SMILES string of the molecule is CC=[N+](c1ccc2c(c1)[C@@H](C(N)=O)[C@H](O)C2)N(C)Cc1ccc(F)cc1. The molecular formula is C20H23FN3O2+. The molecule has 136 valence electrons. The normalized spacial score (nSPS) is 19.3. The van der Waals surface area contributed by atoms with Crippen LogP contribution in [0.15, 0.2) is 42.5 Å². The predicted octanol–water partition coefficient (Wildman–Crippen LogP) is 2.09. The smallest absolute Gasteiger partial charge is 0.235 e. The zero-order valence-corrected chi connectivity index (χ0v) is 14.9. The van der Waals surface area contributed by atoms with Crippen LogP contribution in [0, 0.1) is 5.82 Å². The third kappa shape index (κ3) is 3.46. The number of nitrogens with two attached hydrogens (primary N) is 1. The Morgan fingerprint density at radius 2 is 2.04 bits per heavy atom. The van der Waals surface area contributed by atoms with Crippen LogP contribution in [0.3, 0.4) is 0 Å². The lowest BCUT2D eigenvalue weighted by Gasteiger charge is -2.17. The predicted molar refractivity (Wildman–Crippen MR) is 97.6 cm³/mol. The summed E-state index contributed by atoms with van der Waals surface area (Å²) in [7, 11) is 1.93. The van der Waals surface area contributed by atoms with Gasteiger partial charge in [-0.3, -0.25) is 4.79 Å². The van der Waals surface area contributed by atoms with Crippen molar-refractivity contribution in [1.82, 2.24) is 5.01 Å². The minimum atomic E-state index is -0.770. The average molecular weight is 356 g/mol. The zero-order chi connectivity index (χ0) is 18.8. The quantitative estimate of drug-likeness (QED) is 0.490. The molecule has 0 radical (unpaired) electrons. The van der Waals surface area contributed by atoms with Gasteiger partial charge in [-0.1, -0.05) is 22.9 Å². The van der Waals surface area contributed by atoms with E-state index in [1.165, 1.54) is 12.1 Å². The first-order valence-electron chi connectivity index (χ1n) is 8.55. The number of fused-ring (bicyclic) bond motifs is 1. The van der Waals surface area contributed by atoms with E-state index in [9.17, 15) is 14.3 Å². The molecule has 1 aliphatic carbocycles. The number of rotatable bonds is 5. The molecule has 3 rings (SSSR count). The summed E-state index contributed by atoms with van der Waals surface area (Å²) in [5.74, 6) is -1.45. The second kappa shape index (κ2) is 7.25. The number of benzene rings is 2. The number of primary amides is 1. The van der Waals surface area contributed by atoms with Gasteiger partial charge in [-0.25, -0.2) is 4.39 Å². The van der Waals surface area contributed by atoms with Crippen molar-refractivity contribution >= 4 is 17.8 Å². The van der Waals surface area contributed by atoms with Gasteiger partial charge in [-0.15, -0.1) is 0 Å². The van der Waals surface area contributed by atoms with Gasteiger partial charge in [0.1, 0.15) is 5.82 Å². The molecule has 0 saturated heterocycles. The lowest BCUT2D eigenvalue weighted by Crippen LogP contribution is -2.29. The van der Waals surface area contributed by atoms with Crippen molar-refractivity contribution in [3.8, 4) is 0 Å². The van der Waals surface area contributed by atoms with Gasteiger partial charge in [0.2, 0.25) is 11.6 Å². The molecule has 2 aromatic carbocycles. The Kier molecular flexibility index (Phi) is 5.04. The molecule has 6 heteroatoms. The third-order valence-corrected chi connectivity index (χ3v) is 4.79. The number of amides is 1. The molecule has 1 aliphatic rings. The summed E-state index contributed by atoms with van der Waals surface area (Å²) >= 11 is 0. The van der Waals surface area contributed by atoms with E-state index in [1.807, 2.05) is 48.1 Å². The van der Waals surface area contributed by atoms with Crippen LogP contribution in [0.2, 0.25) is 0 Å². The van der Waals surface area contributed by atoms with Gasteiger partial charge < -0.3 is 10.8 Å². The van der Waals surface area contributed by atoms with E-state index >= 15 is 0 Å². The van der Waals surface area contributed by atoms with Crippen molar-refractivity contribution in [1.29, 1.82) is 0 Å². The molecule has 0 aromatic heterocycles. The summed E-state index contributed by atoms with van der Waals surface area (Å²) in [5.41, 5.74) is 9.05. The maximum Gasteiger partial charge on any atom is 0.235 e. The minimum absolute atomic E-state index is 0.259. The molecule has 0 heterocycles. The fourth-order valence-corrected chi connectivity index (χ4v) is 3.57. The van der Waals surface area contributed by atoms with Crippen LogP contribution in [-0.4, -0.2) is 40.1 Å². The van der Waals surface area contributed by atoms with Crippen molar-refractivity contribution in [2.45, 2.75) is 31.9 Å². The Bertz CT molecular complexity index is 849. The first kappa shape index (κ1) is 18.1. The number of carbonyl (C=O) groups excluding carboxylic acids is 1. The van der Waals surface area contributed by atoms with Crippen LogP contribution in [0.25, 0.3) is 0 Å². The zero-order valence-electron chi connectivity index (χ0n) is 14.9. The summed E-state index contributed by atoms with van der Waals surface area (Å²) in [5, 5.41) is 12.1. The summed E-state index contributed by atoms with van der Waals surface area (Å²) in [6.45, 7) is 2.50. The van der Waals surface area contributed by atoms with Crippen molar-refractivity contribution in [3.63, 3.8) is 0 Å². The number of aliphatic hydroxyl groups is 1. The van der Waals surface area contributed by atoms with Crippen LogP contribution < -0.4 is 5.73 Å². The highest BCUT2D eigenvalue weighted by atomic mass is 19.1. The Labute approximate surface area is 152 Å². The monoisotopic (exact) mass is 356 g/mol. The molecule has 5 nitrogen and oxygen atoms in total. The molecule has 0 bridgehead atoms. The van der Waals surface area contributed by atoms with E-state index in [4.69, 9.17) is 5.73 Å². The molecule has 26 heavy (non-hydrogen) atoms. The van der Waals surface area contributed by atoms with Crippen molar-refractivity contribution in [2.75, 3.05) is 7.05 Å². The number of hydrogen-bond donors (Lipinski definition) is 2. The van der Waals surface area contributed by atoms with Crippen LogP contribution >= 0.6 is 0 Å². The van der Waals surface area contributed by atoms with Crippen molar-refractivity contribution in [3.05, 3.63) is 65.0 Å². The Balaban J connectivity index is 1.87. The molecule has 1 amide bonds. The lowest BCUT2D eigenvalue weighted by atomic mass is 9.99. The number of carbonyl (C=O) groups is 1. The summed E-state index contributed by atoms with van der Waals surface area (Å²) < 4.78 is 15.0. The second-order valence-corrected chi connectivity index (χ2v) is 6.58. The van der Waals surface area contributed by atoms with Crippen LogP contribution in [0.1, 0.15) is 29.5 Å². The Morgan fingerprint density at radius 1 is 1.35 bits per heavy atom. The molecule has 0 saturated carbocycles. The summed E-state index contributed by atoms with van der Waals surface area (Å²) in [4.78, 5) is 11.7. The fraction of sp³-hybridized carbons (Fsp3) is 0.300. The molecule has 3 N–H and O–H groups in total. The first-order valence-corrected chi connectivity index (χ1v) is 8.55. The van der Waals surface area contributed by atoms with E-state index in [1.54, 1.807) is 12.1 Å². The van der Waals surface area contributed by atoms with Gasteiger partial charge in [0.25, 0.3) is 0 Å². The van der Waals surface area contributed by atoms with E-state index in [2.05, 4.69) is 0 Å². The molecule has 2 atom stereocenters. The maximum absolute atomic E-state index is 13.1. The van der Waals surface area contributed by atoms with Gasteiger partial charge in [-0.05, 0) is 35.2 Å². The van der Waals surface area contributed by atoms with Crippen LogP contribution in [0.4, 0.5) is 10.1 Å². The number of halogens is 1. The number of hydrogen-bond acceptors (Lipinski definition) is 3. The van der Waals surface area contributed by atoms with Gasteiger partial charge in [0.05, 0.1) is 25.6 Å². The topological polar surface area (TPSA) is 69.6 Å². The summed E-state index contributed by atoms with van der Waals surface area (Å²) in [6, 6.07) is 12.2. The average Bonchev–Trinajstić information content (AvgIpc) is 2.93. The number of hydrazone groups is 1. The van der Waals surface area contributed by atoms with E-state index in [0.717, 1.165) is 22.4 Å². The Morgan fingerprint density at radius 3 is 2.65 bits per heavy atom. The van der Waals surface area contributed by atoms with Gasteiger partial charge in [0.15, 0.2) is 6.21 Å². The third-order valence-electron chi connectivity index (χ3n) is 4.79. The van der Waals surface area contributed by atoms with Gasteiger partial charge >= 0.3 is 0 Å². The minimum Gasteiger partial charge on any atom is -0.392 e. The van der Waals surface area contributed by atoms with Crippen LogP contribution in [0.5, 0.6) is 0 Å². The molecule has 0 spiro atoms. The number of aliphatic hydroxyl groups excluding tert-OH is 1. The second-order valence-electron chi connectivity index (χ2n) is 6.58. The highest BCUT2D eigenvalue weighted by Gasteiger charge is 2.36.